The number of nitrogens with zero attached hydrogens (tertiary/aromatic N) is 3. The minimum atomic E-state index is -1.04. The van der Waals surface area contributed by atoms with Crippen molar-refractivity contribution < 1.29 is 9.50 Å². The summed E-state index contributed by atoms with van der Waals surface area (Å²) in [5.41, 5.74) is 1.98. The van der Waals surface area contributed by atoms with Gasteiger partial charge >= 0.3 is 0 Å². The minimum Gasteiger partial charge on any atom is -0.386 e. The monoisotopic (exact) mass is 286 g/mol. The number of rotatable bonds is 4. The molecule has 0 radical (unpaired) electrons. The van der Waals surface area contributed by atoms with Crippen LogP contribution < -0.4 is 5.32 Å². The minimum absolute atomic E-state index is 0.0345. The molecule has 1 heterocycles. The Morgan fingerprint density at radius 3 is 2.71 bits per heavy atom. The number of anilines is 1. The second-order valence-electron chi connectivity index (χ2n) is 4.66. The number of benzene rings is 1. The maximum absolute atomic E-state index is 13.6. The summed E-state index contributed by atoms with van der Waals surface area (Å²) in [5.74, 6) is -0.186. The van der Waals surface area contributed by atoms with E-state index < -0.39 is 11.9 Å². The predicted molar refractivity (Wildman–Crippen MR) is 76.1 cm³/mol. The Morgan fingerprint density at radius 2 is 2.05 bits per heavy atom. The van der Waals surface area contributed by atoms with E-state index in [1.54, 1.807) is 26.0 Å². The van der Waals surface area contributed by atoms with Crippen LogP contribution in [0.25, 0.3) is 0 Å². The van der Waals surface area contributed by atoms with E-state index in [0.29, 0.717) is 11.3 Å². The maximum Gasteiger partial charge on any atom is 0.167 e. The van der Waals surface area contributed by atoms with Gasteiger partial charge in [0, 0.05) is 12.1 Å². The number of nitrogens with one attached hydrogen (secondary N) is 1. The van der Waals surface area contributed by atoms with Crippen molar-refractivity contribution in [1.82, 2.24) is 10.2 Å². The van der Waals surface area contributed by atoms with Gasteiger partial charge in [-0.25, -0.2) is 4.39 Å². The highest BCUT2D eigenvalue weighted by molar-refractivity contribution is 5.55. The van der Waals surface area contributed by atoms with Crippen LogP contribution in [0.2, 0.25) is 0 Å². The first kappa shape index (κ1) is 14.9. The fourth-order valence-corrected chi connectivity index (χ4v) is 1.92. The van der Waals surface area contributed by atoms with Crippen LogP contribution in [-0.4, -0.2) is 21.8 Å². The quantitative estimate of drug-likeness (QED) is 0.901. The predicted octanol–water partition coefficient (Wildman–Crippen LogP) is 2.25. The van der Waals surface area contributed by atoms with E-state index in [-0.39, 0.29) is 17.9 Å². The highest BCUT2D eigenvalue weighted by atomic mass is 19.1. The van der Waals surface area contributed by atoms with E-state index in [1.807, 2.05) is 0 Å². The van der Waals surface area contributed by atoms with Crippen LogP contribution in [0.3, 0.4) is 0 Å². The summed E-state index contributed by atoms with van der Waals surface area (Å²) >= 11 is 0. The lowest BCUT2D eigenvalue weighted by Crippen LogP contribution is -2.16. The van der Waals surface area contributed by atoms with Gasteiger partial charge in [-0.3, -0.25) is 0 Å². The lowest BCUT2D eigenvalue weighted by atomic mass is 10.1. The number of hydrogen-bond acceptors (Lipinski definition) is 5. The Labute approximate surface area is 122 Å². The van der Waals surface area contributed by atoms with Crippen molar-refractivity contribution in [2.45, 2.75) is 20.0 Å². The average molecular weight is 286 g/mol. The van der Waals surface area contributed by atoms with Crippen LogP contribution in [0.1, 0.15) is 28.5 Å². The van der Waals surface area contributed by atoms with Gasteiger partial charge in [0.1, 0.15) is 17.4 Å². The molecule has 2 rings (SSSR count). The molecule has 0 unspecified atom stereocenters. The van der Waals surface area contributed by atoms with Crippen molar-refractivity contribution in [2.24, 2.45) is 0 Å². The van der Waals surface area contributed by atoms with Gasteiger partial charge in [0.25, 0.3) is 0 Å². The number of halogens is 1. The topological polar surface area (TPSA) is 81.8 Å². The van der Waals surface area contributed by atoms with Gasteiger partial charge in [0.05, 0.1) is 11.8 Å². The van der Waals surface area contributed by atoms with Crippen LogP contribution in [0.4, 0.5) is 10.2 Å². The van der Waals surface area contributed by atoms with E-state index in [1.165, 1.54) is 12.1 Å². The number of nitriles is 1. The van der Waals surface area contributed by atoms with E-state index >= 15 is 0 Å². The first-order valence-electron chi connectivity index (χ1n) is 6.45. The molecular formula is C15H15FN4O. The first-order chi connectivity index (χ1) is 10.0. The lowest BCUT2D eigenvalue weighted by Gasteiger charge is -2.14. The maximum atomic E-state index is 13.6. The van der Waals surface area contributed by atoms with Crippen LogP contribution in [0.15, 0.2) is 24.3 Å². The van der Waals surface area contributed by atoms with E-state index in [9.17, 15) is 9.50 Å². The van der Waals surface area contributed by atoms with E-state index in [0.717, 1.165) is 5.56 Å². The third-order valence-corrected chi connectivity index (χ3v) is 3.29. The molecular weight excluding hydrogens is 271 g/mol. The molecule has 6 heteroatoms. The fourth-order valence-electron chi connectivity index (χ4n) is 1.92. The third kappa shape index (κ3) is 3.15. The molecule has 2 N–H and O–H groups in total. The Balaban J connectivity index is 2.16. The second-order valence-corrected chi connectivity index (χ2v) is 4.66. The molecule has 0 fully saturated rings. The number of aliphatic hydroxyl groups is 1. The molecule has 1 aromatic carbocycles. The smallest absolute Gasteiger partial charge is 0.167 e. The van der Waals surface area contributed by atoms with Crippen LogP contribution in [0, 0.1) is 31.0 Å². The normalized spacial score (nSPS) is 11.8. The van der Waals surface area contributed by atoms with Crippen molar-refractivity contribution in [1.29, 1.82) is 5.26 Å². The molecule has 0 aliphatic rings. The number of aryl methyl sites for hydroxylation is 1. The lowest BCUT2D eigenvalue weighted by molar-refractivity contribution is 0.186. The average Bonchev–Trinajstić information content (AvgIpc) is 2.48. The molecule has 108 valence electrons. The van der Waals surface area contributed by atoms with Crippen LogP contribution >= 0.6 is 0 Å². The van der Waals surface area contributed by atoms with Gasteiger partial charge in [-0.05, 0) is 25.5 Å². The molecule has 0 spiro atoms. The largest absolute Gasteiger partial charge is 0.386 e. The highest BCUT2D eigenvalue weighted by Gasteiger charge is 2.15. The van der Waals surface area contributed by atoms with Crippen molar-refractivity contribution in [2.75, 3.05) is 11.9 Å². The summed E-state index contributed by atoms with van der Waals surface area (Å²) < 4.78 is 13.6. The Bertz CT molecular complexity index is 697. The molecule has 0 aliphatic carbocycles. The number of aromatic nitrogens is 2. The zero-order valence-electron chi connectivity index (χ0n) is 11.8. The second kappa shape index (κ2) is 6.29. The number of hydrogen-bond donors (Lipinski definition) is 2. The zero-order chi connectivity index (χ0) is 15.4. The molecule has 5 nitrogen and oxygen atoms in total. The van der Waals surface area contributed by atoms with Gasteiger partial charge in [0.2, 0.25) is 0 Å². The molecule has 0 aliphatic heterocycles. The standard InChI is InChI=1S/C15H15FN4O/c1-9-10(2)19-20-15(12(9)7-17)18-8-14(21)11-5-3-4-6-13(11)16/h3-6,14,21H,8H2,1-2H3,(H,18,20)/t14-/m0/s1. The summed E-state index contributed by atoms with van der Waals surface area (Å²) in [7, 11) is 0. The van der Waals surface area contributed by atoms with Gasteiger partial charge in [-0.15, -0.1) is 5.10 Å². The van der Waals surface area contributed by atoms with Gasteiger partial charge in [0.15, 0.2) is 5.82 Å². The van der Waals surface area contributed by atoms with Gasteiger partial charge in [-0.1, -0.05) is 18.2 Å². The highest BCUT2D eigenvalue weighted by Crippen LogP contribution is 2.20. The summed E-state index contributed by atoms with van der Waals surface area (Å²) in [5, 5.41) is 29.9. The van der Waals surface area contributed by atoms with Gasteiger partial charge < -0.3 is 10.4 Å². The molecule has 21 heavy (non-hydrogen) atoms. The SMILES string of the molecule is Cc1nnc(NC[C@H](O)c2ccccc2F)c(C#N)c1C. The summed E-state index contributed by atoms with van der Waals surface area (Å²) in [6, 6.07) is 8.07. The summed E-state index contributed by atoms with van der Waals surface area (Å²) in [6.45, 7) is 3.58. The molecule has 0 amide bonds. The summed E-state index contributed by atoms with van der Waals surface area (Å²) in [6.07, 6.45) is -1.04. The van der Waals surface area contributed by atoms with Crippen LogP contribution in [-0.2, 0) is 0 Å². The molecule has 2 aromatic rings. The van der Waals surface area contributed by atoms with E-state index in [4.69, 9.17) is 5.26 Å². The van der Waals surface area contributed by atoms with Crippen LogP contribution in [0.5, 0.6) is 0 Å². The Morgan fingerprint density at radius 1 is 1.33 bits per heavy atom. The van der Waals surface area contributed by atoms with Crippen molar-refractivity contribution >= 4 is 5.82 Å². The third-order valence-electron chi connectivity index (χ3n) is 3.29. The fraction of sp³-hybridized carbons (Fsp3) is 0.267. The van der Waals surface area contributed by atoms with Crippen molar-refractivity contribution in [3.05, 3.63) is 52.5 Å². The van der Waals surface area contributed by atoms with E-state index in [2.05, 4.69) is 21.6 Å². The first-order valence-corrected chi connectivity index (χ1v) is 6.45. The van der Waals surface area contributed by atoms with Crippen molar-refractivity contribution in [3.8, 4) is 6.07 Å². The zero-order valence-corrected chi connectivity index (χ0v) is 11.8. The molecule has 1 atom stereocenters. The molecule has 0 bridgehead atoms. The number of aliphatic hydroxyl groups excluding tert-OH is 1. The Hall–Kier alpha value is -2.52. The molecule has 0 saturated carbocycles. The van der Waals surface area contributed by atoms with Crippen molar-refractivity contribution in [3.63, 3.8) is 0 Å². The molecule has 0 saturated heterocycles. The Kier molecular flexibility index (Phi) is 4.45. The van der Waals surface area contributed by atoms with Gasteiger partial charge in [-0.2, -0.15) is 10.4 Å². The molecule has 1 aromatic heterocycles. The summed E-state index contributed by atoms with van der Waals surface area (Å²) in [4.78, 5) is 0.